The molecule has 0 aliphatic carbocycles. The third-order valence-electron chi connectivity index (χ3n) is 3.61. The Labute approximate surface area is 113 Å². The molecule has 1 aromatic rings. The van der Waals surface area contributed by atoms with Gasteiger partial charge < -0.3 is 15.5 Å². The van der Waals surface area contributed by atoms with Gasteiger partial charge in [-0.3, -0.25) is 4.79 Å². The van der Waals surface area contributed by atoms with Crippen LogP contribution >= 0.6 is 0 Å². The van der Waals surface area contributed by atoms with Gasteiger partial charge in [-0.2, -0.15) is 0 Å². The van der Waals surface area contributed by atoms with E-state index < -0.39 is 5.82 Å². The van der Waals surface area contributed by atoms with Crippen LogP contribution in [0.15, 0.2) is 18.2 Å². The first-order chi connectivity index (χ1) is 8.97. The van der Waals surface area contributed by atoms with Gasteiger partial charge in [0.15, 0.2) is 0 Å². The van der Waals surface area contributed by atoms with E-state index in [4.69, 9.17) is 5.73 Å². The summed E-state index contributed by atoms with van der Waals surface area (Å²) in [5, 5.41) is 0. The quantitative estimate of drug-likeness (QED) is 0.841. The average Bonchev–Trinajstić information content (AvgIpc) is 2.74. The minimum atomic E-state index is -0.422. The zero-order valence-electron chi connectivity index (χ0n) is 11.4. The summed E-state index contributed by atoms with van der Waals surface area (Å²) in [4.78, 5) is 16.2. The summed E-state index contributed by atoms with van der Waals surface area (Å²) in [5.74, 6) is -0.0678. The van der Waals surface area contributed by atoms with E-state index in [1.165, 1.54) is 18.2 Å². The van der Waals surface area contributed by atoms with Gasteiger partial charge in [-0.15, -0.1) is 0 Å². The summed E-state index contributed by atoms with van der Waals surface area (Å²) in [7, 11) is 3.85. The Morgan fingerprint density at radius 3 is 2.89 bits per heavy atom. The zero-order valence-corrected chi connectivity index (χ0v) is 11.4. The highest BCUT2D eigenvalue weighted by Crippen LogP contribution is 2.19. The van der Waals surface area contributed by atoms with Gasteiger partial charge in [-0.1, -0.05) is 0 Å². The van der Waals surface area contributed by atoms with Crippen LogP contribution in [-0.4, -0.2) is 49.4 Å². The third kappa shape index (κ3) is 3.23. The van der Waals surface area contributed by atoms with Crippen molar-refractivity contribution in [1.82, 2.24) is 9.80 Å². The average molecular weight is 265 g/mol. The molecule has 1 saturated heterocycles. The molecule has 4 nitrogen and oxygen atoms in total. The van der Waals surface area contributed by atoms with Crippen molar-refractivity contribution in [2.45, 2.75) is 6.42 Å². The summed E-state index contributed by atoms with van der Waals surface area (Å²) in [6.07, 6.45) is 1.10. The van der Waals surface area contributed by atoms with E-state index in [9.17, 15) is 9.18 Å². The molecule has 1 aliphatic rings. The molecule has 1 amide bonds. The van der Waals surface area contributed by atoms with Crippen LogP contribution in [0.1, 0.15) is 16.8 Å². The first-order valence-corrected chi connectivity index (χ1v) is 6.46. The van der Waals surface area contributed by atoms with Crippen molar-refractivity contribution in [1.29, 1.82) is 0 Å². The molecule has 1 aromatic carbocycles. The molecule has 1 unspecified atom stereocenters. The first-order valence-electron chi connectivity index (χ1n) is 6.46. The number of carbonyl (C=O) groups is 1. The van der Waals surface area contributed by atoms with Gasteiger partial charge in [-0.05, 0) is 44.1 Å². The Balaban J connectivity index is 2.02. The van der Waals surface area contributed by atoms with Gasteiger partial charge in [0, 0.05) is 25.8 Å². The molecule has 104 valence electrons. The van der Waals surface area contributed by atoms with Crippen molar-refractivity contribution in [2.75, 3.05) is 39.5 Å². The summed E-state index contributed by atoms with van der Waals surface area (Å²) < 4.78 is 13.0. The van der Waals surface area contributed by atoms with Crippen LogP contribution in [0.4, 0.5) is 10.1 Å². The van der Waals surface area contributed by atoms with Gasteiger partial charge in [0.25, 0.3) is 5.91 Å². The molecule has 19 heavy (non-hydrogen) atoms. The van der Waals surface area contributed by atoms with Crippen LogP contribution < -0.4 is 5.73 Å². The molecular weight excluding hydrogens is 245 g/mol. The summed E-state index contributed by atoms with van der Waals surface area (Å²) in [5.41, 5.74) is 6.26. The van der Waals surface area contributed by atoms with E-state index in [0.717, 1.165) is 19.5 Å². The predicted octanol–water partition coefficient (Wildman–Crippen LogP) is 1.43. The normalized spacial score (nSPS) is 19.6. The lowest BCUT2D eigenvalue weighted by Gasteiger charge is -2.22. The molecule has 2 rings (SSSR count). The van der Waals surface area contributed by atoms with Gasteiger partial charge in [-0.25, -0.2) is 4.39 Å². The van der Waals surface area contributed by atoms with E-state index in [1.807, 2.05) is 0 Å². The molecule has 0 saturated carbocycles. The van der Waals surface area contributed by atoms with Crippen LogP contribution in [0.5, 0.6) is 0 Å². The fourth-order valence-electron chi connectivity index (χ4n) is 2.58. The number of halogens is 1. The van der Waals surface area contributed by atoms with Crippen LogP contribution in [0.3, 0.4) is 0 Å². The molecule has 0 spiro atoms. The van der Waals surface area contributed by atoms with Crippen molar-refractivity contribution in [3.8, 4) is 0 Å². The minimum Gasteiger partial charge on any atom is -0.398 e. The second kappa shape index (κ2) is 5.57. The lowest BCUT2D eigenvalue weighted by Crippen LogP contribution is -2.33. The standard InChI is InChI=1S/C14H20FN3O/c1-17-6-5-10(8-17)9-18(2)14(19)12-4-3-11(15)7-13(12)16/h3-4,7,10H,5-6,8-9,16H2,1-2H3. The Hall–Kier alpha value is -1.62. The Morgan fingerprint density at radius 1 is 1.58 bits per heavy atom. The van der Waals surface area contributed by atoms with E-state index in [0.29, 0.717) is 18.0 Å². The molecule has 5 heteroatoms. The molecule has 0 bridgehead atoms. The second-order valence-electron chi connectivity index (χ2n) is 5.33. The second-order valence-corrected chi connectivity index (χ2v) is 5.33. The van der Waals surface area contributed by atoms with E-state index in [1.54, 1.807) is 11.9 Å². The molecule has 2 N–H and O–H groups in total. The Kier molecular flexibility index (Phi) is 4.04. The largest absolute Gasteiger partial charge is 0.398 e. The summed E-state index contributed by atoms with van der Waals surface area (Å²) in [6.45, 7) is 2.79. The maximum absolute atomic E-state index is 13.0. The van der Waals surface area contributed by atoms with Crippen molar-refractivity contribution < 1.29 is 9.18 Å². The number of hydrogen-bond donors (Lipinski definition) is 1. The van der Waals surface area contributed by atoms with E-state index >= 15 is 0 Å². The van der Waals surface area contributed by atoms with Crippen LogP contribution in [0, 0.1) is 11.7 Å². The third-order valence-corrected chi connectivity index (χ3v) is 3.61. The number of nitrogen functional groups attached to an aromatic ring is 1. The number of nitrogens with zero attached hydrogens (tertiary/aromatic N) is 2. The molecule has 1 heterocycles. The van der Waals surface area contributed by atoms with Crippen LogP contribution in [-0.2, 0) is 0 Å². The highest BCUT2D eigenvalue weighted by atomic mass is 19.1. The van der Waals surface area contributed by atoms with Crippen molar-refractivity contribution >= 4 is 11.6 Å². The number of anilines is 1. The maximum atomic E-state index is 13.0. The maximum Gasteiger partial charge on any atom is 0.255 e. The number of carbonyl (C=O) groups excluding carboxylic acids is 1. The number of rotatable bonds is 3. The van der Waals surface area contributed by atoms with Crippen molar-refractivity contribution in [2.24, 2.45) is 5.92 Å². The summed E-state index contributed by atoms with van der Waals surface area (Å²) in [6, 6.07) is 3.90. The zero-order chi connectivity index (χ0) is 14.0. The van der Waals surface area contributed by atoms with Crippen LogP contribution in [0.2, 0.25) is 0 Å². The monoisotopic (exact) mass is 265 g/mol. The highest BCUT2D eigenvalue weighted by molar-refractivity contribution is 5.98. The Bertz CT molecular complexity index is 478. The highest BCUT2D eigenvalue weighted by Gasteiger charge is 2.23. The van der Waals surface area contributed by atoms with E-state index in [-0.39, 0.29) is 11.6 Å². The number of hydrogen-bond acceptors (Lipinski definition) is 3. The number of benzene rings is 1. The first kappa shape index (κ1) is 13.8. The topological polar surface area (TPSA) is 49.6 Å². The van der Waals surface area contributed by atoms with Crippen molar-refractivity contribution in [3.05, 3.63) is 29.6 Å². The van der Waals surface area contributed by atoms with E-state index in [2.05, 4.69) is 11.9 Å². The molecule has 1 aliphatic heterocycles. The fourth-order valence-corrected chi connectivity index (χ4v) is 2.58. The molecule has 1 fully saturated rings. The Morgan fingerprint density at radius 2 is 2.32 bits per heavy atom. The lowest BCUT2D eigenvalue weighted by atomic mass is 10.1. The summed E-state index contributed by atoms with van der Waals surface area (Å²) >= 11 is 0. The lowest BCUT2D eigenvalue weighted by molar-refractivity contribution is 0.0775. The molecule has 0 aromatic heterocycles. The number of amides is 1. The van der Waals surface area contributed by atoms with Crippen molar-refractivity contribution in [3.63, 3.8) is 0 Å². The molecule has 0 radical (unpaired) electrons. The van der Waals surface area contributed by atoms with Gasteiger partial charge in [0.1, 0.15) is 5.82 Å². The molecule has 1 atom stereocenters. The number of nitrogens with two attached hydrogens (primary N) is 1. The number of likely N-dealkylation sites (tertiary alicyclic amines) is 1. The van der Waals surface area contributed by atoms with Gasteiger partial charge in [0.2, 0.25) is 0 Å². The predicted molar refractivity (Wildman–Crippen MR) is 73.4 cm³/mol. The SMILES string of the molecule is CN1CCC(CN(C)C(=O)c2ccc(F)cc2N)C1. The smallest absolute Gasteiger partial charge is 0.255 e. The van der Waals surface area contributed by atoms with Crippen LogP contribution in [0.25, 0.3) is 0 Å². The van der Waals surface area contributed by atoms with Gasteiger partial charge >= 0.3 is 0 Å². The minimum absolute atomic E-state index is 0.146. The molecular formula is C14H20FN3O. The van der Waals surface area contributed by atoms with Gasteiger partial charge in [0.05, 0.1) is 5.56 Å². The fraction of sp³-hybridized carbons (Fsp3) is 0.500.